The zero-order chi connectivity index (χ0) is 13.0. The second-order valence-corrected chi connectivity index (χ2v) is 4.54. The molecule has 1 N–H and O–H groups in total. The number of hydrogen-bond donors (Lipinski definition) is 1. The summed E-state index contributed by atoms with van der Waals surface area (Å²) in [5.41, 5.74) is 0.806. The molecule has 1 atom stereocenters. The normalized spacial score (nSPS) is 16.9. The largest absolute Gasteiger partial charge is 0.494 e. The molecule has 0 bridgehead atoms. The second kappa shape index (κ2) is 5.87. The molecule has 1 aromatic carbocycles. The highest BCUT2D eigenvalue weighted by Crippen LogP contribution is 2.29. The topological polar surface area (TPSA) is 55.8 Å². The highest BCUT2D eigenvalue weighted by atomic mass is 16.5. The molecule has 1 aromatic rings. The van der Waals surface area contributed by atoms with Crippen molar-refractivity contribution in [2.45, 2.75) is 19.3 Å². The van der Waals surface area contributed by atoms with Gasteiger partial charge in [0.25, 0.3) is 0 Å². The van der Waals surface area contributed by atoms with Crippen molar-refractivity contribution in [3.8, 4) is 5.75 Å². The number of carboxylic acids is 1. The fourth-order valence-electron chi connectivity index (χ4n) is 2.12. The van der Waals surface area contributed by atoms with E-state index in [9.17, 15) is 9.90 Å². The van der Waals surface area contributed by atoms with Crippen molar-refractivity contribution in [3.63, 3.8) is 0 Å². The van der Waals surface area contributed by atoms with Gasteiger partial charge in [-0.05, 0) is 31.0 Å². The predicted octanol–water partition coefficient (Wildman–Crippen LogP) is 2.29. The average molecular weight is 250 g/mol. The molecular weight excluding hydrogens is 232 g/mol. The summed E-state index contributed by atoms with van der Waals surface area (Å²) in [6.07, 6.45) is 0.630. The Bertz CT molecular complexity index is 412. The van der Waals surface area contributed by atoms with Gasteiger partial charge in [0.1, 0.15) is 5.75 Å². The molecule has 0 spiro atoms. The second-order valence-electron chi connectivity index (χ2n) is 4.54. The van der Waals surface area contributed by atoms with Gasteiger partial charge in [0.05, 0.1) is 25.7 Å². The summed E-state index contributed by atoms with van der Waals surface area (Å²) in [5, 5.41) is 9.33. The van der Waals surface area contributed by atoms with E-state index in [-0.39, 0.29) is 0 Å². The molecule has 18 heavy (non-hydrogen) atoms. The van der Waals surface area contributed by atoms with Gasteiger partial charge >= 0.3 is 5.97 Å². The van der Waals surface area contributed by atoms with E-state index in [1.807, 2.05) is 31.2 Å². The van der Waals surface area contributed by atoms with Crippen molar-refractivity contribution in [3.05, 3.63) is 29.8 Å². The van der Waals surface area contributed by atoms with Crippen molar-refractivity contribution in [2.24, 2.45) is 5.92 Å². The Balaban J connectivity index is 2.13. The number of carbonyl (C=O) groups is 1. The maximum Gasteiger partial charge on any atom is 0.310 e. The quantitative estimate of drug-likeness (QED) is 0.841. The smallest absolute Gasteiger partial charge is 0.310 e. The van der Waals surface area contributed by atoms with Crippen molar-refractivity contribution in [2.75, 3.05) is 19.8 Å². The van der Waals surface area contributed by atoms with Crippen LogP contribution in [0.4, 0.5) is 0 Å². The molecule has 1 unspecified atom stereocenters. The molecule has 0 aromatic heterocycles. The Morgan fingerprint density at radius 1 is 1.56 bits per heavy atom. The first-order valence-corrected chi connectivity index (χ1v) is 6.24. The molecule has 1 heterocycles. The lowest BCUT2D eigenvalue weighted by Crippen LogP contribution is -2.30. The molecule has 0 aliphatic carbocycles. The van der Waals surface area contributed by atoms with Gasteiger partial charge in [-0.2, -0.15) is 0 Å². The van der Waals surface area contributed by atoms with Gasteiger partial charge in [-0.3, -0.25) is 4.79 Å². The maximum absolute atomic E-state index is 11.4. The Kier molecular flexibility index (Phi) is 4.20. The van der Waals surface area contributed by atoms with Gasteiger partial charge < -0.3 is 14.6 Å². The highest BCUT2D eigenvalue weighted by molar-refractivity contribution is 5.76. The first-order chi connectivity index (χ1) is 8.70. The van der Waals surface area contributed by atoms with Crippen LogP contribution in [0.1, 0.15) is 24.8 Å². The van der Waals surface area contributed by atoms with Crippen molar-refractivity contribution >= 4 is 5.97 Å². The fraction of sp³-hybridized carbons (Fsp3) is 0.500. The van der Waals surface area contributed by atoms with Gasteiger partial charge in [-0.15, -0.1) is 0 Å². The van der Waals surface area contributed by atoms with Crippen LogP contribution in [0.15, 0.2) is 24.3 Å². The summed E-state index contributed by atoms with van der Waals surface area (Å²) in [5.74, 6) is -0.164. The molecule has 1 aliphatic rings. The molecule has 0 saturated carbocycles. The Morgan fingerprint density at radius 2 is 2.33 bits per heavy atom. The minimum atomic E-state index is -0.782. The van der Waals surface area contributed by atoms with Gasteiger partial charge in [-0.1, -0.05) is 12.1 Å². The lowest BCUT2D eigenvalue weighted by Gasteiger charge is -2.28. The molecule has 98 valence electrons. The van der Waals surface area contributed by atoms with E-state index in [0.717, 1.165) is 11.3 Å². The van der Waals surface area contributed by atoms with Crippen LogP contribution in [0, 0.1) is 5.92 Å². The molecule has 1 saturated heterocycles. The molecule has 0 amide bonds. The van der Waals surface area contributed by atoms with E-state index in [1.54, 1.807) is 0 Å². The zero-order valence-corrected chi connectivity index (χ0v) is 10.5. The number of carboxylic acid groups (broad SMARTS) is 1. The number of ether oxygens (including phenoxy) is 2. The number of rotatable bonds is 6. The van der Waals surface area contributed by atoms with Crippen molar-refractivity contribution < 1.29 is 19.4 Å². The molecule has 2 rings (SSSR count). The molecule has 0 radical (unpaired) electrons. The zero-order valence-electron chi connectivity index (χ0n) is 10.5. The van der Waals surface area contributed by atoms with E-state index in [0.29, 0.717) is 32.2 Å². The molecule has 4 heteroatoms. The highest BCUT2D eigenvalue weighted by Gasteiger charge is 2.28. The lowest BCUT2D eigenvalue weighted by molar-refractivity contribution is -0.140. The van der Waals surface area contributed by atoms with Crippen molar-refractivity contribution in [1.82, 2.24) is 0 Å². The average Bonchev–Trinajstić information content (AvgIpc) is 2.27. The Labute approximate surface area is 107 Å². The summed E-state index contributed by atoms with van der Waals surface area (Å²) in [4.78, 5) is 11.4. The van der Waals surface area contributed by atoms with Crippen LogP contribution >= 0.6 is 0 Å². The third kappa shape index (κ3) is 3.01. The van der Waals surface area contributed by atoms with Crippen LogP contribution in [0.25, 0.3) is 0 Å². The summed E-state index contributed by atoms with van der Waals surface area (Å²) >= 11 is 0. The number of aliphatic carboxylic acids is 1. The van der Waals surface area contributed by atoms with E-state index in [1.165, 1.54) is 0 Å². The third-order valence-corrected chi connectivity index (χ3v) is 3.15. The van der Waals surface area contributed by atoms with Crippen molar-refractivity contribution in [1.29, 1.82) is 0 Å². The summed E-state index contributed by atoms with van der Waals surface area (Å²) < 4.78 is 10.5. The standard InChI is InChI=1S/C14H18O4/c1-2-18-12-5-3-4-11(7-12)13(14(15)16)6-10-8-17-9-10/h3-5,7,10,13H,2,6,8-9H2,1H3,(H,15,16). The molecule has 1 aliphatic heterocycles. The number of benzene rings is 1. The fourth-order valence-corrected chi connectivity index (χ4v) is 2.12. The van der Waals surface area contributed by atoms with E-state index >= 15 is 0 Å². The first-order valence-electron chi connectivity index (χ1n) is 6.24. The predicted molar refractivity (Wildman–Crippen MR) is 66.9 cm³/mol. The van der Waals surface area contributed by atoms with E-state index < -0.39 is 11.9 Å². The van der Waals surface area contributed by atoms with Crippen LogP contribution in [0.2, 0.25) is 0 Å². The van der Waals surface area contributed by atoms with Crippen LogP contribution in [0.3, 0.4) is 0 Å². The van der Waals surface area contributed by atoms with E-state index in [4.69, 9.17) is 9.47 Å². The van der Waals surface area contributed by atoms with Gasteiger partial charge in [-0.25, -0.2) is 0 Å². The maximum atomic E-state index is 11.4. The molecular formula is C14H18O4. The lowest BCUT2D eigenvalue weighted by atomic mass is 9.88. The van der Waals surface area contributed by atoms with E-state index in [2.05, 4.69) is 0 Å². The minimum absolute atomic E-state index is 0.363. The summed E-state index contributed by atoms with van der Waals surface area (Å²) in [6.45, 7) is 3.84. The van der Waals surface area contributed by atoms with Crippen LogP contribution in [-0.2, 0) is 9.53 Å². The van der Waals surface area contributed by atoms with Gasteiger partial charge in [0.15, 0.2) is 0 Å². The Hall–Kier alpha value is -1.55. The SMILES string of the molecule is CCOc1cccc(C(CC2COC2)C(=O)O)c1. The summed E-state index contributed by atoms with van der Waals surface area (Å²) in [6, 6.07) is 7.36. The van der Waals surface area contributed by atoms with Gasteiger partial charge in [0, 0.05) is 5.92 Å². The third-order valence-electron chi connectivity index (χ3n) is 3.15. The first kappa shape index (κ1) is 12.9. The molecule has 4 nitrogen and oxygen atoms in total. The minimum Gasteiger partial charge on any atom is -0.494 e. The van der Waals surface area contributed by atoms with Crippen LogP contribution in [-0.4, -0.2) is 30.9 Å². The van der Waals surface area contributed by atoms with Crippen LogP contribution in [0.5, 0.6) is 5.75 Å². The van der Waals surface area contributed by atoms with Gasteiger partial charge in [0.2, 0.25) is 0 Å². The molecule has 1 fully saturated rings. The summed E-state index contributed by atoms with van der Waals surface area (Å²) in [7, 11) is 0. The van der Waals surface area contributed by atoms with Crippen LogP contribution < -0.4 is 4.74 Å². The number of hydrogen-bond acceptors (Lipinski definition) is 3. The Morgan fingerprint density at radius 3 is 2.89 bits per heavy atom. The monoisotopic (exact) mass is 250 g/mol.